The number of aliphatic hydroxyl groups is 1. The highest BCUT2D eigenvalue weighted by Crippen LogP contribution is 2.25. The summed E-state index contributed by atoms with van der Waals surface area (Å²) in [5, 5.41) is 12.5. The van der Waals surface area contributed by atoms with Gasteiger partial charge in [-0.1, -0.05) is 11.2 Å². The molecule has 2 N–H and O–H groups in total. The predicted molar refractivity (Wildman–Crippen MR) is 67.2 cm³/mol. The molecule has 0 aliphatic carbocycles. The molecule has 8 nitrogen and oxygen atoms in total. The number of nitrogens with zero attached hydrogens (tertiary/aromatic N) is 2. The first-order valence-corrected chi connectivity index (χ1v) is 7.08. The molecule has 0 spiro atoms. The molecule has 2 aromatic rings. The second-order valence-electron chi connectivity index (χ2n) is 3.82. The van der Waals surface area contributed by atoms with Crippen LogP contribution in [0.2, 0.25) is 0 Å². The Balaban J connectivity index is 2.24. The van der Waals surface area contributed by atoms with Crippen LogP contribution < -0.4 is 9.46 Å². The lowest BCUT2D eigenvalue weighted by Crippen LogP contribution is -2.24. The van der Waals surface area contributed by atoms with Crippen molar-refractivity contribution in [2.24, 2.45) is 0 Å². The molecule has 2 rings (SSSR count). The number of aliphatic hydroxyl groups excluding tert-OH is 1. The van der Waals surface area contributed by atoms with Crippen molar-refractivity contribution < 1.29 is 22.8 Å². The third kappa shape index (κ3) is 3.13. The quantitative estimate of drug-likeness (QED) is 0.774. The second-order valence-corrected chi connectivity index (χ2v) is 5.55. The Morgan fingerprint density at radius 2 is 2.25 bits per heavy atom. The lowest BCUT2D eigenvalue weighted by molar-refractivity contribution is 0.280. The van der Waals surface area contributed by atoms with E-state index in [4.69, 9.17) is 9.84 Å². The fraction of sp³-hybridized carbons (Fsp3) is 0.273. The molecule has 0 saturated heterocycles. The molecule has 1 aromatic heterocycles. The van der Waals surface area contributed by atoms with Gasteiger partial charge in [0.15, 0.2) is 5.82 Å². The molecule has 0 saturated carbocycles. The van der Waals surface area contributed by atoms with Gasteiger partial charge in [-0.2, -0.15) is 4.98 Å². The minimum Gasteiger partial charge on any atom is -0.495 e. The van der Waals surface area contributed by atoms with Crippen LogP contribution in [0.4, 0.5) is 0 Å². The minimum absolute atomic E-state index is 0.0271. The fourth-order valence-electron chi connectivity index (χ4n) is 1.54. The summed E-state index contributed by atoms with van der Waals surface area (Å²) in [4.78, 5) is 3.69. The first-order chi connectivity index (χ1) is 9.56. The van der Waals surface area contributed by atoms with E-state index in [9.17, 15) is 8.42 Å². The van der Waals surface area contributed by atoms with Gasteiger partial charge in [-0.3, -0.25) is 0 Å². The molecular formula is C11H13N3O5S. The third-order valence-electron chi connectivity index (χ3n) is 2.53. The normalized spacial score (nSPS) is 11.5. The first kappa shape index (κ1) is 14.4. The van der Waals surface area contributed by atoms with Gasteiger partial charge in [0.25, 0.3) is 0 Å². The zero-order valence-electron chi connectivity index (χ0n) is 10.6. The van der Waals surface area contributed by atoms with E-state index in [0.717, 1.165) is 6.39 Å². The van der Waals surface area contributed by atoms with Crippen molar-refractivity contribution in [1.82, 2.24) is 14.9 Å². The van der Waals surface area contributed by atoms with Crippen molar-refractivity contribution in [3.63, 3.8) is 0 Å². The van der Waals surface area contributed by atoms with Crippen LogP contribution in [0.15, 0.2) is 34.0 Å². The maximum atomic E-state index is 12.2. The first-order valence-electron chi connectivity index (χ1n) is 5.59. The summed E-state index contributed by atoms with van der Waals surface area (Å²) < 4.78 is 36.2. The molecule has 0 unspecified atom stereocenters. The molecule has 0 fully saturated rings. The van der Waals surface area contributed by atoms with Gasteiger partial charge < -0.3 is 14.4 Å². The van der Waals surface area contributed by atoms with Gasteiger partial charge in [0.1, 0.15) is 10.6 Å². The predicted octanol–water partition coefficient (Wildman–Crippen LogP) is 0.0490. The standard InChI is InChI=1S/C11H13N3O5S/c1-18-9-4-8(6-15)2-3-10(9)20(16,17)13-5-11-12-7-19-14-11/h2-4,7,13,15H,5-6H2,1H3. The van der Waals surface area contributed by atoms with E-state index in [0.29, 0.717) is 5.56 Å². The Morgan fingerprint density at radius 1 is 1.45 bits per heavy atom. The number of hydrogen-bond donors (Lipinski definition) is 2. The molecule has 108 valence electrons. The van der Waals surface area contributed by atoms with Crippen molar-refractivity contribution in [3.05, 3.63) is 36.0 Å². The van der Waals surface area contributed by atoms with Gasteiger partial charge in [0, 0.05) is 0 Å². The van der Waals surface area contributed by atoms with Gasteiger partial charge in [0.2, 0.25) is 16.4 Å². The number of sulfonamides is 1. The zero-order valence-corrected chi connectivity index (χ0v) is 11.4. The lowest BCUT2D eigenvalue weighted by Gasteiger charge is -2.10. The molecule has 0 atom stereocenters. The Bertz CT molecular complexity index is 669. The Morgan fingerprint density at radius 3 is 2.85 bits per heavy atom. The molecule has 0 radical (unpaired) electrons. The van der Waals surface area contributed by atoms with Crippen LogP contribution in [0.1, 0.15) is 11.4 Å². The van der Waals surface area contributed by atoms with E-state index in [1.54, 1.807) is 0 Å². The SMILES string of the molecule is COc1cc(CO)ccc1S(=O)(=O)NCc1ncon1. The number of ether oxygens (including phenoxy) is 1. The van der Waals surface area contributed by atoms with E-state index in [2.05, 4.69) is 19.4 Å². The van der Waals surface area contributed by atoms with Crippen LogP contribution in [0.5, 0.6) is 5.75 Å². The van der Waals surface area contributed by atoms with E-state index in [-0.39, 0.29) is 29.6 Å². The lowest BCUT2D eigenvalue weighted by atomic mass is 10.2. The van der Waals surface area contributed by atoms with E-state index in [1.165, 1.54) is 25.3 Å². The number of benzene rings is 1. The summed E-state index contributed by atoms with van der Waals surface area (Å²) in [6.07, 6.45) is 1.11. The summed E-state index contributed by atoms with van der Waals surface area (Å²) in [5.41, 5.74) is 0.555. The summed E-state index contributed by atoms with van der Waals surface area (Å²) in [7, 11) is -2.43. The van der Waals surface area contributed by atoms with Crippen LogP contribution >= 0.6 is 0 Å². The largest absolute Gasteiger partial charge is 0.495 e. The molecule has 0 aliphatic rings. The van der Waals surface area contributed by atoms with E-state index in [1.807, 2.05) is 0 Å². The van der Waals surface area contributed by atoms with Crippen molar-refractivity contribution in [2.75, 3.05) is 7.11 Å². The van der Waals surface area contributed by atoms with Crippen molar-refractivity contribution in [2.45, 2.75) is 18.0 Å². The third-order valence-corrected chi connectivity index (χ3v) is 3.97. The Labute approximate surface area is 115 Å². The van der Waals surface area contributed by atoms with Gasteiger partial charge in [-0.05, 0) is 17.7 Å². The Kier molecular flexibility index (Phi) is 4.32. The fourth-order valence-corrected chi connectivity index (χ4v) is 2.67. The van der Waals surface area contributed by atoms with Crippen LogP contribution in [0.25, 0.3) is 0 Å². The van der Waals surface area contributed by atoms with Gasteiger partial charge in [-0.15, -0.1) is 0 Å². The molecule has 1 aromatic carbocycles. The number of nitrogens with one attached hydrogen (secondary N) is 1. The maximum absolute atomic E-state index is 12.2. The zero-order chi connectivity index (χ0) is 14.6. The van der Waals surface area contributed by atoms with Crippen LogP contribution in [-0.4, -0.2) is 30.8 Å². The van der Waals surface area contributed by atoms with Crippen molar-refractivity contribution >= 4 is 10.0 Å². The molecule has 1 heterocycles. The average molecular weight is 299 g/mol. The smallest absolute Gasteiger partial charge is 0.244 e. The van der Waals surface area contributed by atoms with Crippen molar-refractivity contribution in [3.8, 4) is 5.75 Å². The number of methoxy groups -OCH3 is 1. The second kappa shape index (κ2) is 5.99. The van der Waals surface area contributed by atoms with Gasteiger partial charge in [0.05, 0.1) is 20.3 Å². The highest BCUT2D eigenvalue weighted by Gasteiger charge is 2.20. The maximum Gasteiger partial charge on any atom is 0.244 e. The topological polar surface area (TPSA) is 115 Å². The molecule has 20 heavy (non-hydrogen) atoms. The Hall–Kier alpha value is -1.97. The number of rotatable bonds is 6. The van der Waals surface area contributed by atoms with Crippen LogP contribution in [-0.2, 0) is 23.2 Å². The highest BCUT2D eigenvalue weighted by molar-refractivity contribution is 7.89. The molecule has 9 heteroatoms. The van der Waals surface area contributed by atoms with Crippen molar-refractivity contribution in [1.29, 1.82) is 0 Å². The summed E-state index contributed by atoms with van der Waals surface area (Å²) >= 11 is 0. The molecule has 0 amide bonds. The van der Waals surface area contributed by atoms with Crippen LogP contribution in [0.3, 0.4) is 0 Å². The summed E-state index contributed by atoms with van der Waals surface area (Å²) in [6.45, 7) is -0.295. The van der Waals surface area contributed by atoms with Gasteiger partial charge in [-0.25, -0.2) is 13.1 Å². The number of hydrogen-bond acceptors (Lipinski definition) is 7. The monoisotopic (exact) mass is 299 g/mol. The highest BCUT2D eigenvalue weighted by atomic mass is 32.2. The van der Waals surface area contributed by atoms with Gasteiger partial charge >= 0.3 is 0 Å². The number of aromatic nitrogens is 2. The van der Waals surface area contributed by atoms with E-state index < -0.39 is 10.0 Å². The molecule has 0 bridgehead atoms. The van der Waals surface area contributed by atoms with E-state index >= 15 is 0 Å². The summed E-state index contributed by atoms with van der Waals surface area (Å²) in [6, 6.07) is 4.33. The molecular weight excluding hydrogens is 286 g/mol. The average Bonchev–Trinajstić information content (AvgIpc) is 2.97. The molecule has 0 aliphatic heterocycles. The summed E-state index contributed by atoms with van der Waals surface area (Å²) in [5.74, 6) is 0.372. The van der Waals surface area contributed by atoms with Crippen LogP contribution in [0, 0.1) is 0 Å². The minimum atomic E-state index is -3.78.